The number of hydrogen-bond acceptors (Lipinski definition) is 4. The average Bonchev–Trinajstić information content (AvgIpc) is 2.21. The van der Waals surface area contributed by atoms with Crippen LogP contribution >= 0.6 is 0 Å². The van der Waals surface area contributed by atoms with E-state index in [2.05, 4.69) is 4.74 Å². The monoisotopic (exact) mass is 256 g/mol. The molecule has 0 aromatic carbocycles. The summed E-state index contributed by atoms with van der Waals surface area (Å²) in [6, 6.07) is 0. The number of halogens is 3. The Morgan fingerprint density at radius 2 is 2.06 bits per heavy atom. The van der Waals surface area contributed by atoms with Gasteiger partial charge in [0.05, 0.1) is 18.9 Å². The molecular weight excluding hydrogens is 237 g/mol. The van der Waals surface area contributed by atoms with Crippen molar-refractivity contribution >= 4 is 5.97 Å². The topological polar surface area (TPSA) is 55.6 Å². The summed E-state index contributed by atoms with van der Waals surface area (Å²) in [6.07, 6.45) is -4.22. The van der Waals surface area contributed by atoms with Crippen molar-refractivity contribution in [1.82, 2.24) is 4.90 Å². The van der Waals surface area contributed by atoms with Gasteiger partial charge in [0.15, 0.2) is 0 Å². The third-order valence-corrected chi connectivity index (χ3v) is 2.28. The first kappa shape index (κ1) is 16.2. The third-order valence-electron chi connectivity index (χ3n) is 2.28. The average molecular weight is 256 g/mol. The molecule has 0 rings (SSSR count). The van der Waals surface area contributed by atoms with Gasteiger partial charge < -0.3 is 15.4 Å². The van der Waals surface area contributed by atoms with E-state index >= 15 is 0 Å². The van der Waals surface area contributed by atoms with Gasteiger partial charge in [-0.1, -0.05) is 0 Å². The van der Waals surface area contributed by atoms with Crippen LogP contribution in [-0.2, 0) is 9.53 Å². The van der Waals surface area contributed by atoms with Crippen LogP contribution in [0.4, 0.5) is 13.2 Å². The lowest BCUT2D eigenvalue weighted by atomic mass is 10.1. The van der Waals surface area contributed by atoms with E-state index in [-0.39, 0.29) is 26.1 Å². The van der Waals surface area contributed by atoms with Crippen LogP contribution in [0.25, 0.3) is 0 Å². The van der Waals surface area contributed by atoms with Crippen LogP contribution in [0.5, 0.6) is 0 Å². The Labute approximate surface area is 98.9 Å². The first-order chi connectivity index (χ1) is 7.81. The predicted octanol–water partition coefficient (Wildman–Crippen LogP) is 1.01. The molecule has 102 valence electrons. The number of carbonyl (C=O) groups excluding carboxylic acids is 1. The first-order valence-electron chi connectivity index (χ1n) is 5.42. The summed E-state index contributed by atoms with van der Waals surface area (Å²) in [6.45, 7) is 1.52. The second-order valence-corrected chi connectivity index (χ2v) is 3.79. The van der Waals surface area contributed by atoms with E-state index in [0.717, 1.165) is 0 Å². The number of esters is 1. The van der Waals surface area contributed by atoms with Crippen LogP contribution in [0.15, 0.2) is 0 Å². The number of rotatable bonds is 7. The molecular formula is C10H19F3N2O2. The minimum absolute atomic E-state index is 0.0828. The standard InChI is InChI=1S/C10H19F3N2O2/c1-3-17-9(16)4-5-15(2)7-8(6-14)10(11,12)13/h8H,3-7,14H2,1-2H3. The van der Waals surface area contributed by atoms with Gasteiger partial charge in [0, 0.05) is 19.6 Å². The van der Waals surface area contributed by atoms with Crippen molar-refractivity contribution in [1.29, 1.82) is 0 Å². The first-order valence-corrected chi connectivity index (χ1v) is 5.42. The van der Waals surface area contributed by atoms with Crippen LogP contribution in [0.3, 0.4) is 0 Å². The molecule has 0 fully saturated rings. The number of nitrogens with zero attached hydrogens (tertiary/aromatic N) is 1. The highest BCUT2D eigenvalue weighted by Crippen LogP contribution is 2.25. The Balaban J connectivity index is 3.99. The second kappa shape index (κ2) is 7.50. The zero-order valence-corrected chi connectivity index (χ0v) is 10.1. The molecule has 2 N–H and O–H groups in total. The summed E-state index contributed by atoms with van der Waals surface area (Å²) in [7, 11) is 1.52. The van der Waals surface area contributed by atoms with E-state index in [4.69, 9.17) is 5.73 Å². The van der Waals surface area contributed by atoms with E-state index in [0.29, 0.717) is 0 Å². The van der Waals surface area contributed by atoms with Crippen molar-refractivity contribution in [2.75, 3.05) is 33.3 Å². The maximum absolute atomic E-state index is 12.4. The fourth-order valence-corrected chi connectivity index (χ4v) is 1.29. The van der Waals surface area contributed by atoms with Gasteiger partial charge in [-0.2, -0.15) is 13.2 Å². The Kier molecular flexibility index (Phi) is 7.13. The van der Waals surface area contributed by atoms with E-state index in [1.807, 2.05) is 0 Å². The van der Waals surface area contributed by atoms with Gasteiger partial charge in [-0.15, -0.1) is 0 Å². The molecule has 1 unspecified atom stereocenters. The summed E-state index contributed by atoms with van der Waals surface area (Å²) in [5, 5.41) is 0. The number of hydrogen-bond donors (Lipinski definition) is 1. The summed E-state index contributed by atoms with van der Waals surface area (Å²) < 4.78 is 41.9. The fraction of sp³-hybridized carbons (Fsp3) is 0.900. The Morgan fingerprint density at radius 3 is 2.47 bits per heavy atom. The van der Waals surface area contributed by atoms with Crippen molar-refractivity contribution in [2.45, 2.75) is 19.5 Å². The summed E-state index contributed by atoms with van der Waals surface area (Å²) >= 11 is 0. The van der Waals surface area contributed by atoms with Gasteiger partial charge in [-0.25, -0.2) is 0 Å². The molecule has 0 radical (unpaired) electrons. The molecule has 7 heteroatoms. The molecule has 0 heterocycles. The number of carbonyl (C=O) groups is 1. The fourth-order valence-electron chi connectivity index (χ4n) is 1.29. The number of ether oxygens (including phenoxy) is 1. The summed E-state index contributed by atoms with van der Waals surface area (Å²) in [5.74, 6) is -1.97. The second-order valence-electron chi connectivity index (χ2n) is 3.79. The smallest absolute Gasteiger partial charge is 0.394 e. The van der Waals surface area contributed by atoms with Crippen molar-refractivity contribution in [3.05, 3.63) is 0 Å². The van der Waals surface area contributed by atoms with Crippen LogP contribution in [0.2, 0.25) is 0 Å². The third kappa shape index (κ3) is 7.17. The van der Waals surface area contributed by atoms with Crippen molar-refractivity contribution < 1.29 is 22.7 Å². The largest absolute Gasteiger partial charge is 0.466 e. The van der Waals surface area contributed by atoms with Crippen LogP contribution < -0.4 is 5.73 Å². The molecule has 17 heavy (non-hydrogen) atoms. The molecule has 0 aromatic rings. The van der Waals surface area contributed by atoms with Crippen molar-refractivity contribution in [3.8, 4) is 0 Å². The van der Waals surface area contributed by atoms with Gasteiger partial charge in [0.1, 0.15) is 0 Å². The molecule has 0 aliphatic heterocycles. The lowest BCUT2D eigenvalue weighted by Gasteiger charge is -2.24. The Bertz CT molecular complexity index is 234. The molecule has 0 aliphatic carbocycles. The Hall–Kier alpha value is -0.820. The highest BCUT2D eigenvalue weighted by atomic mass is 19.4. The van der Waals surface area contributed by atoms with Gasteiger partial charge >= 0.3 is 12.1 Å². The van der Waals surface area contributed by atoms with Crippen LogP contribution in [0, 0.1) is 5.92 Å². The van der Waals surface area contributed by atoms with Gasteiger partial charge in [-0.05, 0) is 14.0 Å². The molecule has 0 saturated heterocycles. The molecule has 0 aliphatic rings. The molecule has 0 saturated carbocycles. The van der Waals surface area contributed by atoms with Crippen LogP contribution in [0.1, 0.15) is 13.3 Å². The highest BCUT2D eigenvalue weighted by molar-refractivity contribution is 5.69. The van der Waals surface area contributed by atoms with E-state index < -0.39 is 24.6 Å². The minimum Gasteiger partial charge on any atom is -0.466 e. The lowest BCUT2D eigenvalue weighted by Crippen LogP contribution is -2.40. The Morgan fingerprint density at radius 1 is 1.47 bits per heavy atom. The van der Waals surface area contributed by atoms with E-state index in [9.17, 15) is 18.0 Å². The molecule has 0 bridgehead atoms. The summed E-state index contributed by atoms with van der Waals surface area (Å²) in [5.41, 5.74) is 5.07. The zero-order valence-electron chi connectivity index (χ0n) is 10.1. The van der Waals surface area contributed by atoms with Crippen molar-refractivity contribution in [3.63, 3.8) is 0 Å². The molecule has 0 spiro atoms. The number of alkyl halides is 3. The molecule has 4 nitrogen and oxygen atoms in total. The van der Waals surface area contributed by atoms with Gasteiger partial charge in [0.2, 0.25) is 0 Å². The van der Waals surface area contributed by atoms with Crippen LogP contribution in [-0.4, -0.2) is 50.3 Å². The zero-order chi connectivity index (χ0) is 13.5. The highest BCUT2D eigenvalue weighted by Gasteiger charge is 2.38. The quantitative estimate of drug-likeness (QED) is 0.691. The normalized spacial score (nSPS) is 13.8. The van der Waals surface area contributed by atoms with Gasteiger partial charge in [0.25, 0.3) is 0 Å². The van der Waals surface area contributed by atoms with Gasteiger partial charge in [-0.3, -0.25) is 4.79 Å². The SMILES string of the molecule is CCOC(=O)CCN(C)CC(CN)C(F)(F)F. The maximum Gasteiger partial charge on any atom is 0.394 e. The van der Waals surface area contributed by atoms with Crippen molar-refractivity contribution in [2.24, 2.45) is 11.7 Å². The molecule has 1 atom stereocenters. The minimum atomic E-state index is -4.30. The summed E-state index contributed by atoms with van der Waals surface area (Å²) in [4.78, 5) is 12.4. The van der Waals surface area contributed by atoms with E-state index in [1.165, 1.54) is 11.9 Å². The number of nitrogens with two attached hydrogens (primary N) is 1. The van der Waals surface area contributed by atoms with E-state index in [1.54, 1.807) is 6.92 Å². The predicted molar refractivity (Wildman–Crippen MR) is 57.3 cm³/mol. The molecule has 0 aromatic heterocycles. The lowest BCUT2D eigenvalue weighted by molar-refractivity contribution is -0.175. The molecule has 0 amide bonds. The maximum atomic E-state index is 12.4.